The molecule has 14 heteroatoms. The van der Waals surface area contributed by atoms with Crippen LogP contribution in [0.1, 0.15) is 73.8 Å². The molecule has 57 heavy (non-hydrogen) atoms. The van der Waals surface area contributed by atoms with Gasteiger partial charge in [-0.1, -0.05) is 23.3 Å². The molecule has 3 heterocycles. The third kappa shape index (κ3) is 9.30. The van der Waals surface area contributed by atoms with Crippen LogP contribution in [0.3, 0.4) is 0 Å². The lowest BCUT2D eigenvalue weighted by atomic mass is 9.92. The zero-order valence-corrected chi connectivity index (χ0v) is 32.7. The van der Waals surface area contributed by atoms with Gasteiger partial charge < -0.3 is 25.6 Å². The van der Waals surface area contributed by atoms with E-state index < -0.39 is 11.9 Å². The molecule has 3 fully saturated rings. The highest BCUT2D eigenvalue weighted by Crippen LogP contribution is 2.30. The molecule has 0 spiro atoms. The third-order valence-corrected chi connectivity index (χ3v) is 11.5. The maximum atomic E-state index is 13.3. The van der Waals surface area contributed by atoms with Crippen LogP contribution in [0.5, 0.6) is 5.75 Å². The maximum absolute atomic E-state index is 13.3. The Bertz CT molecular complexity index is 2270. The number of nitriles is 1. The zero-order chi connectivity index (χ0) is 40.1. The first-order valence-corrected chi connectivity index (χ1v) is 20.0. The van der Waals surface area contributed by atoms with Crippen LogP contribution < -0.4 is 36.5 Å². The lowest BCUT2D eigenvalue weighted by molar-refractivity contribution is -0.136. The number of rotatable bonds is 13. The van der Waals surface area contributed by atoms with Crippen LogP contribution in [-0.4, -0.2) is 72.4 Å². The number of ether oxygens (including phenoxy) is 1. The van der Waals surface area contributed by atoms with Gasteiger partial charge >= 0.3 is 0 Å². The number of benzene rings is 3. The number of nitrogens with one attached hydrogen (secondary N) is 2. The summed E-state index contributed by atoms with van der Waals surface area (Å²) in [5.41, 5.74) is 10.0. The van der Waals surface area contributed by atoms with E-state index in [4.69, 9.17) is 27.3 Å². The lowest BCUT2D eigenvalue weighted by Crippen LogP contribution is -2.46. The van der Waals surface area contributed by atoms with Gasteiger partial charge in [-0.15, -0.1) is 0 Å². The first kappa shape index (κ1) is 39.5. The second kappa shape index (κ2) is 17.6. The van der Waals surface area contributed by atoms with Gasteiger partial charge in [0.05, 0.1) is 28.3 Å². The van der Waals surface area contributed by atoms with Crippen molar-refractivity contribution >= 4 is 51.5 Å². The highest BCUT2D eigenvalue weighted by Gasteiger charge is 2.30. The van der Waals surface area contributed by atoms with Crippen LogP contribution in [0.25, 0.3) is 10.8 Å². The fourth-order valence-corrected chi connectivity index (χ4v) is 8.12. The summed E-state index contributed by atoms with van der Waals surface area (Å²) in [5, 5.41) is 20.4. The van der Waals surface area contributed by atoms with E-state index in [-0.39, 0.29) is 42.4 Å². The molecule has 2 saturated heterocycles. The van der Waals surface area contributed by atoms with Crippen molar-refractivity contribution in [2.45, 2.75) is 70.1 Å². The van der Waals surface area contributed by atoms with Crippen LogP contribution >= 0.6 is 11.6 Å². The number of halogens is 1. The molecule has 7 rings (SSSR count). The van der Waals surface area contributed by atoms with Crippen molar-refractivity contribution in [3.8, 4) is 11.8 Å². The van der Waals surface area contributed by atoms with Crippen molar-refractivity contribution in [1.82, 2.24) is 20.4 Å². The molecule has 13 nitrogen and oxygen atoms in total. The summed E-state index contributed by atoms with van der Waals surface area (Å²) >= 11 is 6.15. The van der Waals surface area contributed by atoms with E-state index in [1.165, 1.54) is 10.3 Å². The Hall–Kier alpha value is -5.71. The summed E-state index contributed by atoms with van der Waals surface area (Å²) in [7, 11) is 0. The van der Waals surface area contributed by atoms with Gasteiger partial charge in [0.15, 0.2) is 0 Å². The van der Waals surface area contributed by atoms with E-state index in [9.17, 15) is 19.2 Å². The summed E-state index contributed by atoms with van der Waals surface area (Å²) < 4.78 is 7.27. The molecule has 1 unspecified atom stereocenters. The number of nitrogens with two attached hydrogens (primary N) is 1. The van der Waals surface area contributed by atoms with Crippen molar-refractivity contribution in [3.05, 3.63) is 105 Å². The second-order valence-electron chi connectivity index (χ2n) is 15.2. The minimum atomic E-state index is -0.807. The van der Waals surface area contributed by atoms with Crippen LogP contribution in [0.4, 0.5) is 11.4 Å². The van der Waals surface area contributed by atoms with E-state index in [1.807, 2.05) is 36.4 Å². The molecule has 1 aromatic heterocycles. The maximum Gasteiger partial charge on any atom is 0.275 e. The Kier molecular flexibility index (Phi) is 12.2. The van der Waals surface area contributed by atoms with Crippen molar-refractivity contribution in [2.75, 3.05) is 42.5 Å². The van der Waals surface area contributed by atoms with Crippen LogP contribution in [0.15, 0.2) is 83.3 Å². The molecule has 1 aliphatic carbocycles. The highest BCUT2D eigenvalue weighted by atomic mass is 35.5. The average Bonchev–Trinajstić information content (AvgIpc) is 3.19. The monoisotopic (exact) mass is 790 g/mol. The van der Waals surface area contributed by atoms with E-state index >= 15 is 0 Å². The predicted octanol–water partition coefficient (Wildman–Crippen LogP) is 5.26. The molecular formula is C43H47ClN8O5. The van der Waals surface area contributed by atoms with Crippen molar-refractivity contribution in [2.24, 2.45) is 11.7 Å². The SMILES string of the molecule is C/C(=C\C1CN(c2ccc(C(=O)NC3CCC(Oc4ccc(C#N)c(Cl)c4)CC3)cc2)C1)CCN(CCN)c1ccc2c(=O)n(C3CCC(=O)NC3=O)ncc2c1. The Morgan fingerprint density at radius 3 is 2.53 bits per heavy atom. The number of hydrogen-bond acceptors (Lipinski definition) is 10. The minimum Gasteiger partial charge on any atom is -0.490 e. The average molecular weight is 791 g/mol. The molecule has 3 aromatic carbocycles. The van der Waals surface area contributed by atoms with Crippen molar-refractivity contribution in [1.29, 1.82) is 5.26 Å². The first-order chi connectivity index (χ1) is 27.6. The molecule has 0 radical (unpaired) electrons. The molecule has 296 valence electrons. The number of fused-ring (bicyclic) bond motifs is 1. The van der Waals surface area contributed by atoms with Gasteiger partial charge in [-0.2, -0.15) is 10.4 Å². The summed E-state index contributed by atoms with van der Waals surface area (Å²) in [6.45, 7) is 5.85. The molecule has 4 aromatic rings. The quantitative estimate of drug-likeness (QED) is 0.120. The Morgan fingerprint density at radius 2 is 1.82 bits per heavy atom. The summed E-state index contributed by atoms with van der Waals surface area (Å²) in [5.74, 6) is 0.171. The zero-order valence-electron chi connectivity index (χ0n) is 32.0. The van der Waals surface area contributed by atoms with E-state index in [2.05, 4.69) is 44.6 Å². The molecule has 0 bridgehead atoms. The summed E-state index contributed by atoms with van der Waals surface area (Å²) in [6.07, 6.45) is 8.54. The topological polar surface area (TPSA) is 176 Å². The van der Waals surface area contributed by atoms with E-state index in [1.54, 1.807) is 30.5 Å². The van der Waals surface area contributed by atoms with Gasteiger partial charge in [-0.3, -0.25) is 24.5 Å². The third-order valence-electron chi connectivity index (χ3n) is 11.1. The number of anilines is 2. The van der Waals surface area contributed by atoms with Crippen molar-refractivity contribution < 1.29 is 19.1 Å². The van der Waals surface area contributed by atoms with Crippen LogP contribution in [-0.2, 0) is 9.59 Å². The Labute approximate surface area is 336 Å². The number of carbonyl (C=O) groups excluding carboxylic acids is 3. The first-order valence-electron chi connectivity index (χ1n) is 19.6. The van der Waals surface area contributed by atoms with Gasteiger partial charge in [0.2, 0.25) is 5.91 Å². The molecule has 1 saturated carbocycles. The number of imide groups is 1. The highest BCUT2D eigenvalue weighted by molar-refractivity contribution is 6.31. The lowest BCUT2D eigenvalue weighted by Gasteiger charge is -2.40. The molecular weight excluding hydrogens is 744 g/mol. The fraction of sp³-hybridized carbons (Fsp3) is 0.395. The van der Waals surface area contributed by atoms with E-state index in [0.29, 0.717) is 51.7 Å². The number of hydrogen-bond donors (Lipinski definition) is 3. The standard InChI is InChI=1S/C43H47ClN8O5/c1-27(16-18-50(19-17-45)34-9-13-37-31(21-34)24-47-52(43(37)56)39-14-15-40(53)49-42(39)55)20-28-25-51(26-28)33-7-2-29(3-8-33)41(54)48-32-5-11-35(12-6-32)57-36-10-4-30(23-46)38(44)22-36/h2-4,7-10,13,20-22,24,28,32,35,39H,5-6,11-12,14-19,25-26,45H2,1H3,(H,48,54)(H,49,53,55)/b27-20+. The van der Waals surface area contributed by atoms with Crippen LogP contribution in [0.2, 0.25) is 5.02 Å². The fourth-order valence-electron chi connectivity index (χ4n) is 7.91. The number of carbonyl (C=O) groups is 3. The summed E-state index contributed by atoms with van der Waals surface area (Å²) in [6, 6.07) is 19.9. The van der Waals surface area contributed by atoms with Gasteiger partial charge in [0, 0.05) is 79.5 Å². The normalized spacial score (nSPS) is 20.1. The molecule has 2 aliphatic heterocycles. The molecule has 4 N–H and O–H groups in total. The molecule has 3 amide bonds. The van der Waals surface area contributed by atoms with Gasteiger partial charge in [0.1, 0.15) is 17.9 Å². The van der Waals surface area contributed by atoms with Crippen LogP contribution in [0, 0.1) is 17.2 Å². The predicted molar refractivity (Wildman–Crippen MR) is 220 cm³/mol. The number of piperidine rings is 1. The summed E-state index contributed by atoms with van der Waals surface area (Å²) in [4.78, 5) is 54.8. The number of nitrogens with zero attached hydrogens (tertiary/aromatic N) is 5. The largest absolute Gasteiger partial charge is 0.490 e. The van der Waals surface area contributed by atoms with Gasteiger partial charge in [0.25, 0.3) is 17.4 Å². The smallest absolute Gasteiger partial charge is 0.275 e. The molecule has 3 aliphatic rings. The van der Waals surface area contributed by atoms with Crippen molar-refractivity contribution in [3.63, 3.8) is 0 Å². The minimum absolute atomic E-state index is 0.0424. The van der Waals surface area contributed by atoms with E-state index in [0.717, 1.165) is 63.1 Å². The number of aromatic nitrogens is 2. The van der Waals surface area contributed by atoms with Gasteiger partial charge in [-0.05, 0) is 100 Å². The molecule has 1 atom stereocenters. The number of amides is 3. The Balaban J connectivity index is 0.862. The van der Waals surface area contributed by atoms with Gasteiger partial charge in [-0.25, -0.2) is 4.68 Å². The second-order valence-corrected chi connectivity index (χ2v) is 15.6. The Morgan fingerprint density at radius 1 is 1.05 bits per heavy atom.